The number of ether oxygens (including phenoxy) is 1. The van der Waals surface area contributed by atoms with Crippen molar-refractivity contribution in [2.45, 2.75) is 38.1 Å². The van der Waals surface area contributed by atoms with E-state index in [1.807, 2.05) is 0 Å². The van der Waals surface area contributed by atoms with E-state index in [0.29, 0.717) is 18.0 Å². The fourth-order valence-corrected chi connectivity index (χ4v) is 5.02. The van der Waals surface area contributed by atoms with E-state index < -0.39 is 10.0 Å². The van der Waals surface area contributed by atoms with Gasteiger partial charge in [-0.1, -0.05) is 6.42 Å². The molecule has 0 amide bonds. The molecule has 0 bridgehead atoms. The van der Waals surface area contributed by atoms with Crippen molar-refractivity contribution in [3.63, 3.8) is 0 Å². The van der Waals surface area contributed by atoms with Crippen LogP contribution in [0.2, 0.25) is 0 Å². The summed E-state index contributed by atoms with van der Waals surface area (Å²) < 4.78 is 27.9. The minimum Gasteiger partial charge on any atom is -0.381 e. The Labute approximate surface area is 115 Å². The number of fused-ring (bicyclic) bond motifs is 2. The van der Waals surface area contributed by atoms with Crippen LogP contribution in [0.3, 0.4) is 0 Å². The summed E-state index contributed by atoms with van der Waals surface area (Å²) in [5.41, 5.74) is 0.387. The molecule has 110 valence electrons. The van der Waals surface area contributed by atoms with Crippen LogP contribution >= 0.6 is 0 Å². The Morgan fingerprint density at radius 2 is 2.00 bits per heavy atom. The van der Waals surface area contributed by atoms with Gasteiger partial charge in [-0.25, -0.2) is 13.6 Å². The van der Waals surface area contributed by atoms with E-state index in [-0.39, 0.29) is 5.75 Å². The van der Waals surface area contributed by atoms with Crippen LogP contribution in [0.4, 0.5) is 0 Å². The summed E-state index contributed by atoms with van der Waals surface area (Å²) in [6.45, 7) is 3.38. The van der Waals surface area contributed by atoms with Gasteiger partial charge >= 0.3 is 0 Å². The predicted octanol–water partition coefficient (Wildman–Crippen LogP) is 0.556. The van der Waals surface area contributed by atoms with Gasteiger partial charge in [0.25, 0.3) is 0 Å². The monoisotopic (exact) mass is 288 g/mol. The molecule has 2 aliphatic heterocycles. The van der Waals surface area contributed by atoms with Crippen molar-refractivity contribution < 1.29 is 13.2 Å². The third-order valence-electron chi connectivity index (χ3n) is 5.40. The number of primary sulfonamides is 1. The van der Waals surface area contributed by atoms with Gasteiger partial charge in [0.1, 0.15) is 0 Å². The molecule has 5 nitrogen and oxygen atoms in total. The van der Waals surface area contributed by atoms with Gasteiger partial charge in [-0.05, 0) is 37.0 Å². The maximum Gasteiger partial charge on any atom is 0.210 e. The number of likely N-dealkylation sites (tertiary alicyclic amines) is 1. The van der Waals surface area contributed by atoms with Crippen LogP contribution in [0.15, 0.2) is 0 Å². The molecule has 0 unspecified atom stereocenters. The molecule has 2 atom stereocenters. The summed E-state index contributed by atoms with van der Waals surface area (Å²) in [5.74, 6) is 0.833. The molecule has 1 saturated carbocycles. The molecule has 2 N–H and O–H groups in total. The van der Waals surface area contributed by atoms with E-state index in [4.69, 9.17) is 9.88 Å². The number of hydrogen-bond donors (Lipinski definition) is 1. The Hall–Kier alpha value is -0.170. The lowest BCUT2D eigenvalue weighted by atomic mass is 9.71. The number of sulfonamides is 1. The molecule has 2 heterocycles. The minimum atomic E-state index is -3.35. The first-order valence-corrected chi connectivity index (χ1v) is 9.04. The van der Waals surface area contributed by atoms with Gasteiger partial charge < -0.3 is 4.74 Å². The summed E-state index contributed by atoms with van der Waals surface area (Å²) in [5, 5.41) is 5.15. The van der Waals surface area contributed by atoms with E-state index in [1.165, 1.54) is 19.3 Å². The maximum atomic E-state index is 11.2. The Balaban J connectivity index is 1.72. The molecule has 0 radical (unpaired) electrons. The van der Waals surface area contributed by atoms with Crippen LogP contribution in [0.5, 0.6) is 0 Å². The minimum absolute atomic E-state index is 0.0861. The molecule has 2 saturated heterocycles. The SMILES string of the molecule is NS(=O)(=O)CCN1CC2(CCOCC2)[C@@H]2CCC[C@@H]21. The van der Waals surface area contributed by atoms with Gasteiger partial charge in [0, 0.05) is 32.3 Å². The Morgan fingerprint density at radius 3 is 2.68 bits per heavy atom. The van der Waals surface area contributed by atoms with Gasteiger partial charge in [-0.2, -0.15) is 0 Å². The second kappa shape index (κ2) is 4.98. The van der Waals surface area contributed by atoms with Crippen LogP contribution in [0, 0.1) is 11.3 Å². The maximum absolute atomic E-state index is 11.2. The first-order chi connectivity index (χ1) is 9.00. The topological polar surface area (TPSA) is 72.6 Å². The fourth-order valence-electron chi connectivity index (χ4n) is 4.53. The number of hydrogen-bond acceptors (Lipinski definition) is 4. The average molecular weight is 288 g/mol. The van der Waals surface area contributed by atoms with Crippen molar-refractivity contribution in [3.05, 3.63) is 0 Å². The molecule has 3 aliphatic rings. The summed E-state index contributed by atoms with van der Waals surface area (Å²) in [6, 6.07) is 0.583. The van der Waals surface area contributed by atoms with E-state index in [0.717, 1.165) is 38.5 Å². The average Bonchev–Trinajstić information content (AvgIpc) is 2.92. The van der Waals surface area contributed by atoms with Crippen molar-refractivity contribution in [2.24, 2.45) is 16.5 Å². The lowest BCUT2D eigenvalue weighted by molar-refractivity contribution is -0.00102. The zero-order valence-electron chi connectivity index (χ0n) is 11.4. The normalized spacial score (nSPS) is 34.8. The molecular formula is C13H24N2O3S. The van der Waals surface area contributed by atoms with Gasteiger partial charge in [0.2, 0.25) is 10.0 Å². The van der Waals surface area contributed by atoms with Crippen molar-refractivity contribution in [3.8, 4) is 0 Å². The zero-order valence-corrected chi connectivity index (χ0v) is 12.2. The molecule has 3 rings (SSSR count). The van der Waals surface area contributed by atoms with Gasteiger partial charge in [-0.15, -0.1) is 0 Å². The lowest BCUT2D eigenvalue weighted by Crippen LogP contribution is -2.38. The fraction of sp³-hybridized carbons (Fsp3) is 1.00. The first-order valence-electron chi connectivity index (χ1n) is 7.32. The molecule has 0 aromatic rings. The van der Waals surface area contributed by atoms with Gasteiger partial charge in [0.15, 0.2) is 0 Å². The van der Waals surface area contributed by atoms with E-state index in [9.17, 15) is 8.42 Å². The predicted molar refractivity (Wildman–Crippen MR) is 73.2 cm³/mol. The molecule has 0 aromatic carbocycles. The van der Waals surface area contributed by atoms with Gasteiger partial charge in [0.05, 0.1) is 5.75 Å². The Bertz CT molecular complexity index is 431. The summed E-state index contributed by atoms with van der Waals surface area (Å²) in [7, 11) is -3.35. The van der Waals surface area contributed by atoms with Crippen LogP contribution in [0.25, 0.3) is 0 Å². The molecule has 0 aromatic heterocycles. The Morgan fingerprint density at radius 1 is 1.26 bits per heavy atom. The van der Waals surface area contributed by atoms with E-state index in [2.05, 4.69) is 4.90 Å². The number of rotatable bonds is 3. The largest absolute Gasteiger partial charge is 0.381 e. The van der Waals surface area contributed by atoms with Gasteiger partial charge in [-0.3, -0.25) is 4.90 Å². The molecule has 1 spiro atoms. The highest BCUT2D eigenvalue weighted by Crippen LogP contribution is 2.53. The van der Waals surface area contributed by atoms with Crippen LogP contribution in [-0.4, -0.2) is 51.4 Å². The Kier molecular flexibility index (Phi) is 3.62. The quantitative estimate of drug-likeness (QED) is 0.823. The molecule has 19 heavy (non-hydrogen) atoms. The summed E-state index contributed by atoms with van der Waals surface area (Å²) >= 11 is 0. The van der Waals surface area contributed by atoms with E-state index in [1.54, 1.807) is 0 Å². The molecular weight excluding hydrogens is 264 g/mol. The molecule has 3 fully saturated rings. The van der Waals surface area contributed by atoms with Crippen molar-refractivity contribution in [1.82, 2.24) is 4.90 Å². The van der Waals surface area contributed by atoms with Crippen molar-refractivity contribution >= 4 is 10.0 Å². The standard InChI is InChI=1S/C13H24N2O3S/c14-19(16,17)9-6-15-10-13(4-7-18-8-5-13)11-2-1-3-12(11)15/h11-12H,1-10H2,(H2,14,16,17)/t11-,12+/m1/s1. The summed E-state index contributed by atoms with van der Waals surface area (Å²) in [6.07, 6.45) is 6.08. The van der Waals surface area contributed by atoms with Crippen molar-refractivity contribution in [2.75, 3.05) is 32.1 Å². The van der Waals surface area contributed by atoms with Crippen LogP contribution in [0.1, 0.15) is 32.1 Å². The zero-order chi connectivity index (χ0) is 13.5. The van der Waals surface area contributed by atoms with Crippen LogP contribution in [-0.2, 0) is 14.8 Å². The highest BCUT2D eigenvalue weighted by molar-refractivity contribution is 7.89. The molecule has 6 heteroatoms. The number of nitrogens with two attached hydrogens (primary N) is 1. The summed E-state index contributed by atoms with van der Waals surface area (Å²) in [4.78, 5) is 2.40. The second-order valence-corrected chi connectivity index (χ2v) is 8.15. The van der Waals surface area contributed by atoms with Crippen LogP contribution < -0.4 is 5.14 Å². The first kappa shape index (κ1) is 13.8. The van der Waals surface area contributed by atoms with E-state index >= 15 is 0 Å². The second-order valence-electron chi connectivity index (χ2n) is 6.42. The lowest BCUT2D eigenvalue weighted by Gasteiger charge is -2.37. The highest BCUT2D eigenvalue weighted by atomic mass is 32.2. The third-order valence-corrected chi connectivity index (χ3v) is 6.16. The highest BCUT2D eigenvalue weighted by Gasteiger charge is 2.53. The number of nitrogens with zero attached hydrogens (tertiary/aromatic N) is 1. The smallest absolute Gasteiger partial charge is 0.210 e. The molecule has 1 aliphatic carbocycles. The van der Waals surface area contributed by atoms with Crippen molar-refractivity contribution in [1.29, 1.82) is 0 Å². The third kappa shape index (κ3) is 2.68.